The first-order valence-electron chi connectivity index (χ1n) is 5.32. The van der Waals surface area contributed by atoms with Gasteiger partial charge in [-0.1, -0.05) is 31.9 Å². The van der Waals surface area contributed by atoms with Crippen LogP contribution in [0.3, 0.4) is 0 Å². The number of rotatable bonds is 4. The van der Waals surface area contributed by atoms with Crippen molar-refractivity contribution in [2.24, 2.45) is 0 Å². The van der Waals surface area contributed by atoms with E-state index in [1.807, 2.05) is 6.07 Å². The summed E-state index contributed by atoms with van der Waals surface area (Å²) >= 11 is 6.78. The first kappa shape index (κ1) is 12.9. The van der Waals surface area contributed by atoms with Gasteiger partial charge in [0.05, 0.1) is 18.2 Å². The number of hydrogen-bond acceptors (Lipinski definition) is 2. The molecule has 1 saturated carbocycles. The molecule has 92 valence electrons. The number of nitrogens with one attached hydrogen (secondary N) is 1. The fraction of sp³-hybridized carbons (Fsp3) is 0.417. The maximum absolute atomic E-state index is 12.1. The van der Waals surface area contributed by atoms with Crippen LogP contribution in [-0.4, -0.2) is 23.9 Å². The topological polar surface area (TPSA) is 38.3 Å². The summed E-state index contributed by atoms with van der Waals surface area (Å²) in [4.78, 5) is 12.1. The van der Waals surface area contributed by atoms with Crippen LogP contribution in [0, 0.1) is 0 Å². The van der Waals surface area contributed by atoms with Crippen molar-refractivity contribution in [1.29, 1.82) is 0 Å². The van der Waals surface area contributed by atoms with Crippen LogP contribution >= 0.6 is 31.9 Å². The van der Waals surface area contributed by atoms with Gasteiger partial charge in [-0.05, 0) is 31.0 Å². The number of hydrogen-bond donors (Lipinski definition) is 1. The number of carbonyl (C=O) groups is 1. The van der Waals surface area contributed by atoms with Gasteiger partial charge in [-0.15, -0.1) is 0 Å². The molecule has 1 aromatic carbocycles. The van der Waals surface area contributed by atoms with Crippen molar-refractivity contribution in [2.75, 3.05) is 12.4 Å². The standard InChI is InChI=1S/C12H13Br2NO2/c1-17-10-6-8(14)2-3-9(10)11(16)15-12(7-13)4-5-12/h2-3,6H,4-5,7H2,1H3,(H,15,16). The highest BCUT2D eigenvalue weighted by molar-refractivity contribution is 9.10. The minimum Gasteiger partial charge on any atom is -0.496 e. The Morgan fingerprint density at radius 1 is 1.53 bits per heavy atom. The number of halogens is 2. The lowest BCUT2D eigenvalue weighted by atomic mass is 10.1. The zero-order chi connectivity index (χ0) is 12.5. The molecule has 0 aliphatic heterocycles. The molecule has 1 aromatic rings. The van der Waals surface area contributed by atoms with E-state index >= 15 is 0 Å². The number of benzene rings is 1. The first-order chi connectivity index (χ1) is 8.10. The Kier molecular flexibility index (Phi) is 3.78. The average molecular weight is 363 g/mol. The van der Waals surface area contributed by atoms with Crippen LogP contribution in [-0.2, 0) is 0 Å². The van der Waals surface area contributed by atoms with Crippen molar-refractivity contribution in [2.45, 2.75) is 18.4 Å². The number of alkyl halides is 1. The molecule has 0 heterocycles. The van der Waals surface area contributed by atoms with E-state index in [2.05, 4.69) is 37.2 Å². The Hall–Kier alpha value is -0.550. The molecule has 0 radical (unpaired) electrons. The summed E-state index contributed by atoms with van der Waals surface area (Å²) in [6.45, 7) is 0. The lowest BCUT2D eigenvalue weighted by Crippen LogP contribution is -2.38. The Bertz CT molecular complexity index is 444. The SMILES string of the molecule is COc1cc(Br)ccc1C(=O)NC1(CBr)CC1. The van der Waals surface area contributed by atoms with Crippen LogP contribution in [0.5, 0.6) is 5.75 Å². The van der Waals surface area contributed by atoms with E-state index in [0.29, 0.717) is 11.3 Å². The Morgan fingerprint density at radius 3 is 2.76 bits per heavy atom. The highest BCUT2D eigenvalue weighted by atomic mass is 79.9. The van der Waals surface area contributed by atoms with Crippen molar-refractivity contribution >= 4 is 37.8 Å². The summed E-state index contributed by atoms with van der Waals surface area (Å²) in [5.74, 6) is 0.508. The molecule has 0 saturated heterocycles. The summed E-state index contributed by atoms with van der Waals surface area (Å²) in [5, 5.41) is 3.84. The average Bonchev–Trinajstić information content (AvgIpc) is 3.09. The maximum atomic E-state index is 12.1. The summed E-state index contributed by atoms with van der Waals surface area (Å²) in [7, 11) is 1.57. The lowest BCUT2D eigenvalue weighted by molar-refractivity contribution is 0.0933. The van der Waals surface area contributed by atoms with E-state index in [0.717, 1.165) is 22.6 Å². The third-order valence-corrected chi connectivity index (χ3v) is 4.46. The normalized spacial score (nSPS) is 16.4. The summed E-state index contributed by atoms with van der Waals surface area (Å²) in [6.07, 6.45) is 2.06. The highest BCUT2D eigenvalue weighted by Crippen LogP contribution is 2.37. The zero-order valence-corrected chi connectivity index (χ0v) is 12.6. The number of amides is 1. The van der Waals surface area contributed by atoms with Crippen molar-refractivity contribution in [3.8, 4) is 5.75 Å². The molecule has 17 heavy (non-hydrogen) atoms. The third-order valence-electron chi connectivity index (χ3n) is 2.90. The molecule has 3 nitrogen and oxygen atoms in total. The quantitative estimate of drug-likeness (QED) is 0.835. The second-order valence-electron chi connectivity index (χ2n) is 4.21. The molecule has 1 aliphatic rings. The summed E-state index contributed by atoms with van der Waals surface area (Å²) < 4.78 is 6.11. The maximum Gasteiger partial charge on any atom is 0.255 e. The van der Waals surface area contributed by atoms with Gasteiger partial charge in [-0.3, -0.25) is 4.79 Å². The van der Waals surface area contributed by atoms with E-state index in [-0.39, 0.29) is 11.4 Å². The molecule has 1 amide bonds. The van der Waals surface area contributed by atoms with Crippen LogP contribution in [0.4, 0.5) is 0 Å². The van der Waals surface area contributed by atoms with Crippen LogP contribution in [0.1, 0.15) is 23.2 Å². The predicted molar refractivity (Wildman–Crippen MR) is 73.9 cm³/mol. The highest BCUT2D eigenvalue weighted by Gasteiger charge is 2.43. The fourth-order valence-corrected chi connectivity index (χ4v) is 2.64. The van der Waals surface area contributed by atoms with Gasteiger partial charge in [-0.25, -0.2) is 0 Å². The van der Waals surface area contributed by atoms with Crippen LogP contribution in [0.25, 0.3) is 0 Å². The van der Waals surface area contributed by atoms with Crippen LogP contribution < -0.4 is 10.1 Å². The molecular formula is C12H13Br2NO2. The molecule has 1 aliphatic carbocycles. The Balaban J connectivity index is 2.19. The number of carbonyl (C=O) groups excluding carboxylic acids is 1. The second kappa shape index (κ2) is 4.98. The molecule has 1 N–H and O–H groups in total. The largest absolute Gasteiger partial charge is 0.496 e. The molecule has 2 rings (SSSR count). The van der Waals surface area contributed by atoms with Gasteiger partial charge in [0.25, 0.3) is 5.91 Å². The van der Waals surface area contributed by atoms with Gasteiger partial charge in [0.15, 0.2) is 0 Å². The molecule has 5 heteroatoms. The van der Waals surface area contributed by atoms with Gasteiger partial charge >= 0.3 is 0 Å². The van der Waals surface area contributed by atoms with Crippen molar-refractivity contribution < 1.29 is 9.53 Å². The fourth-order valence-electron chi connectivity index (χ4n) is 1.60. The predicted octanol–water partition coefficient (Wildman–Crippen LogP) is 3.12. The minimum atomic E-state index is -0.0775. The lowest BCUT2D eigenvalue weighted by Gasteiger charge is -2.15. The molecular weight excluding hydrogens is 350 g/mol. The van der Waals surface area contributed by atoms with Gasteiger partial charge in [-0.2, -0.15) is 0 Å². The van der Waals surface area contributed by atoms with Crippen LogP contribution in [0.15, 0.2) is 22.7 Å². The van der Waals surface area contributed by atoms with Crippen LogP contribution in [0.2, 0.25) is 0 Å². The zero-order valence-electron chi connectivity index (χ0n) is 9.43. The van der Waals surface area contributed by atoms with Crippen molar-refractivity contribution in [3.05, 3.63) is 28.2 Å². The van der Waals surface area contributed by atoms with E-state index in [1.54, 1.807) is 19.2 Å². The molecule has 0 bridgehead atoms. The van der Waals surface area contributed by atoms with E-state index in [1.165, 1.54) is 0 Å². The van der Waals surface area contributed by atoms with Gasteiger partial charge in [0, 0.05) is 9.80 Å². The smallest absolute Gasteiger partial charge is 0.255 e. The van der Waals surface area contributed by atoms with Crippen molar-refractivity contribution in [1.82, 2.24) is 5.32 Å². The third kappa shape index (κ3) is 2.83. The number of methoxy groups -OCH3 is 1. The van der Waals surface area contributed by atoms with E-state index in [4.69, 9.17) is 4.74 Å². The summed E-state index contributed by atoms with van der Waals surface area (Å²) in [5.41, 5.74) is 0.526. The van der Waals surface area contributed by atoms with Gasteiger partial charge in [0.2, 0.25) is 0 Å². The van der Waals surface area contributed by atoms with E-state index < -0.39 is 0 Å². The van der Waals surface area contributed by atoms with E-state index in [9.17, 15) is 4.79 Å². The van der Waals surface area contributed by atoms with Gasteiger partial charge < -0.3 is 10.1 Å². The van der Waals surface area contributed by atoms with Gasteiger partial charge in [0.1, 0.15) is 5.75 Å². The minimum absolute atomic E-state index is 0.0465. The first-order valence-corrected chi connectivity index (χ1v) is 7.24. The molecule has 0 atom stereocenters. The number of ether oxygens (including phenoxy) is 1. The molecule has 1 fully saturated rings. The summed E-state index contributed by atoms with van der Waals surface area (Å²) in [6, 6.07) is 5.40. The Labute approximate surface area is 117 Å². The second-order valence-corrected chi connectivity index (χ2v) is 5.69. The monoisotopic (exact) mass is 361 g/mol. The molecule has 0 spiro atoms. The molecule has 0 unspecified atom stereocenters. The molecule has 0 aromatic heterocycles. The Morgan fingerprint density at radius 2 is 2.24 bits per heavy atom. The van der Waals surface area contributed by atoms with Crippen molar-refractivity contribution in [3.63, 3.8) is 0 Å².